The molecular weight excluding hydrogens is 464 g/mol. The van der Waals surface area contributed by atoms with Crippen LogP contribution in [-0.2, 0) is 0 Å². The minimum absolute atomic E-state index is 0.800. The van der Waals surface area contributed by atoms with Crippen molar-refractivity contribution in [3.8, 4) is 56.4 Å². The zero-order chi connectivity index (χ0) is 25.6. The van der Waals surface area contributed by atoms with Crippen LogP contribution in [0.2, 0.25) is 0 Å². The molecule has 0 radical (unpaired) electrons. The van der Waals surface area contributed by atoms with E-state index in [1.54, 1.807) is 0 Å². The van der Waals surface area contributed by atoms with Crippen molar-refractivity contribution in [2.45, 2.75) is 0 Å². The predicted molar refractivity (Wildman–Crippen MR) is 156 cm³/mol. The monoisotopic (exact) mass is 490 g/mol. The second-order valence-corrected chi connectivity index (χ2v) is 8.95. The molecule has 6 aromatic carbocycles. The molecule has 2 heteroatoms. The molecule has 38 heavy (non-hydrogen) atoms. The van der Waals surface area contributed by atoms with Crippen molar-refractivity contribution < 1.29 is 9.47 Å². The highest BCUT2D eigenvalue weighted by atomic mass is 16.5. The van der Waals surface area contributed by atoms with Crippen LogP contribution in [-0.4, -0.2) is 0 Å². The van der Waals surface area contributed by atoms with Crippen LogP contribution in [0, 0.1) is 0 Å². The van der Waals surface area contributed by atoms with E-state index in [4.69, 9.17) is 9.47 Å². The summed E-state index contributed by atoms with van der Waals surface area (Å²) in [5.74, 6) is 3.24. The van der Waals surface area contributed by atoms with Gasteiger partial charge in [-0.3, -0.25) is 0 Å². The zero-order valence-electron chi connectivity index (χ0n) is 20.8. The Morgan fingerprint density at radius 3 is 1.29 bits per heavy atom. The third kappa shape index (κ3) is 5.07. The molecule has 6 rings (SSSR count). The minimum atomic E-state index is 0.800. The van der Waals surface area contributed by atoms with Crippen molar-refractivity contribution in [1.29, 1.82) is 0 Å². The molecule has 0 saturated heterocycles. The Morgan fingerprint density at radius 1 is 0.289 bits per heavy atom. The number of hydrogen-bond acceptors (Lipinski definition) is 2. The Kier molecular flexibility index (Phi) is 6.69. The lowest BCUT2D eigenvalue weighted by Crippen LogP contribution is -1.95. The van der Waals surface area contributed by atoms with Gasteiger partial charge in [0.1, 0.15) is 23.0 Å². The molecule has 0 aliphatic carbocycles. The van der Waals surface area contributed by atoms with Crippen LogP contribution in [0.15, 0.2) is 158 Å². The SMILES string of the molecule is c1ccc(Oc2ccc(-c3ccc(Oc4ccccc4)c(-c4ccccc4)c3-c3ccccc3)cc2)cc1. The molecule has 0 aliphatic heterocycles. The van der Waals surface area contributed by atoms with Crippen molar-refractivity contribution >= 4 is 0 Å². The summed E-state index contributed by atoms with van der Waals surface area (Å²) in [6.07, 6.45) is 0. The van der Waals surface area contributed by atoms with E-state index in [1.165, 1.54) is 0 Å². The first-order valence-corrected chi connectivity index (χ1v) is 12.7. The molecule has 2 nitrogen and oxygen atoms in total. The van der Waals surface area contributed by atoms with Crippen LogP contribution in [0.5, 0.6) is 23.0 Å². The second-order valence-electron chi connectivity index (χ2n) is 8.95. The molecule has 0 atom stereocenters. The van der Waals surface area contributed by atoms with Crippen LogP contribution >= 0.6 is 0 Å². The normalized spacial score (nSPS) is 10.6. The fraction of sp³-hybridized carbons (Fsp3) is 0. The van der Waals surface area contributed by atoms with E-state index in [-0.39, 0.29) is 0 Å². The first kappa shape index (κ1) is 23.3. The van der Waals surface area contributed by atoms with Gasteiger partial charge in [0.15, 0.2) is 0 Å². The maximum Gasteiger partial charge on any atom is 0.135 e. The second kappa shape index (κ2) is 10.9. The van der Waals surface area contributed by atoms with Crippen LogP contribution in [0.3, 0.4) is 0 Å². The van der Waals surface area contributed by atoms with Gasteiger partial charge in [0, 0.05) is 11.1 Å². The van der Waals surface area contributed by atoms with Crippen LogP contribution in [0.25, 0.3) is 33.4 Å². The van der Waals surface area contributed by atoms with Crippen molar-refractivity contribution in [3.05, 3.63) is 158 Å². The molecule has 182 valence electrons. The van der Waals surface area contributed by atoms with E-state index < -0.39 is 0 Å². The van der Waals surface area contributed by atoms with Gasteiger partial charge in [-0.25, -0.2) is 0 Å². The van der Waals surface area contributed by atoms with E-state index in [0.717, 1.165) is 56.4 Å². The summed E-state index contributed by atoms with van der Waals surface area (Å²) in [5, 5.41) is 0. The topological polar surface area (TPSA) is 18.5 Å². The summed E-state index contributed by atoms with van der Waals surface area (Å²) in [4.78, 5) is 0. The van der Waals surface area contributed by atoms with Gasteiger partial charge in [-0.1, -0.05) is 115 Å². The fourth-order valence-electron chi connectivity index (χ4n) is 4.65. The highest BCUT2D eigenvalue weighted by Crippen LogP contribution is 2.46. The van der Waals surface area contributed by atoms with Crippen molar-refractivity contribution in [1.82, 2.24) is 0 Å². The van der Waals surface area contributed by atoms with Gasteiger partial charge in [-0.15, -0.1) is 0 Å². The lowest BCUT2D eigenvalue weighted by atomic mass is 9.87. The molecule has 0 aliphatic rings. The molecule has 0 unspecified atom stereocenters. The Hall–Kier alpha value is -5.08. The molecular formula is C36H26O2. The molecule has 0 N–H and O–H groups in total. The Labute approximate surface area is 223 Å². The molecule has 0 saturated carbocycles. The van der Waals surface area contributed by atoms with Crippen LogP contribution in [0.4, 0.5) is 0 Å². The van der Waals surface area contributed by atoms with E-state index in [0.29, 0.717) is 0 Å². The van der Waals surface area contributed by atoms with Crippen molar-refractivity contribution in [2.24, 2.45) is 0 Å². The van der Waals surface area contributed by atoms with Crippen LogP contribution in [0.1, 0.15) is 0 Å². The quantitative estimate of drug-likeness (QED) is 0.222. The summed E-state index contributed by atoms with van der Waals surface area (Å²) in [6.45, 7) is 0. The van der Waals surface area contributed by atoms with Crippen molar-refractivity contribution in [2.75, 3.05) is 0 Å². The minimum Gasteiger partial charge on any atom is -0.457 e. The standard InChI is InChI=1S/C36H26O2/c1-5-13-28(14-6-1)35-33(27-21-23-32(24-22-27)37-30-17-9-3-10-18-30)25-26-34(38-31-19-11-4-12-20-31)36(35)29-15-7-2-8-16-29/h1-26H. The third-order valence-corrected chi connectivity index (χ3v) is 6.41. The van der Waals surface area contributed by atoms with Gasteiger partial charge in [0.05, 0.1) is 0 Å². The average Bonchev–Trinajstić information content (AvgIpc) is 2.99. The molecule has 0 amide bonds. The molecule has 0 spiro atoms. The zero-order valence-corrected chi connectivity index (χ0v) is 20.8. The largest absolute Gasteiger partial charge is 0.457 e. The summed E-state index contributed by atoms with van der Waals surface area (Å²) in [7, 11) is 0. The summed E-state index contributed by atoms with van der Waals surface area (Å²) >= 11 is 0. The number of rotatable bonds is 7. The molecule has 6 aromatic rings. The van der Waals surface area contributed by atoms with Crippen LogP contribution < -0.4 is 9.47 Å². The first-order chi connectivity index (χ1) is 18.8. The van der Waals surface area contributed by atoms with Gasteiger partial charge >= 0.3 is 0 Å². The molecule has 0 heterocycles. The number of hydrogen-bond donors (Lipinski definition) is 0. The maximum atomic E-state index is 6.48. The predicted octanol–water partition coefficient (Wildman–Crippen LogP) is 10.3. The highest BCUT2D eigenvalue weighted by Gasteiger charge is 2.19. The number of para-hydroxylation sites is 2. The first-order valence-electron chi connectivity index (χ1n) is 12.7. The third-order valence-electron chi connectivity index (χ3n) is 6.41. The molecule has 0 fully saturated rings. The Bertz CT molecular complexity index is 1610. The van der Waals surface area contributed by atoms with Gasteiger partial charge in [-0.05, 0) is 64.7 Å². The fourth-order valence-corrected chi connectivity index (χ4v) is 4.65. The van der Waals surface area contributed by atoms with E-state index in [2.05, 4.69) is 72.8 Å². The summed E-state index contributed by atoms with van der Waals surface area (Å²) in [6, 6.07) is 53.3. The summed E-state index contributed by atoms with van der Waals surface area (Å²) in [5.41, 5.74) is 6.65. The number of ether oxygens (including phenoxy) is 2. The maximum absolute atomic E-state index is 6.48. The average molecular weight is 491 g/mol. The highest BCUT2D eigenvalue weighted by molar-refractivity contribution is 5.97. The summed E-state index contributed by atoms with van der Waals surface area (Å²) < 4.78 is 12.5. The van der Waals surface area contributed by atoms with Gasteiger partial charge < -0.3 is 9.47 Å². The van der Waals surface area contributed by atoms with E-state index >= 15 is 0 Å². The van der Waals surface area contributed by atoms with E-state index in [9.17, 15) is 0 Å². The Balaban J connectivity index is 1.51. The lowest BCUT2D eigenvalue weighted by molar-refractivity contribution is 0.482. The van der Waals surface area contributed by atoms with Gasteiger partial charge in [0.25, 0.3) is 0 Å². The smallest absolute Gasteiger partial charge is 0.135 e. The Morgan fingerprint density at radius 2 is 0.737 bits per heavy atom. The lowest BCUT2D eigenvalue weighted by Gasteiger charge is -2.20. The molecule has 0 aromatic heterocycles. The van der Waals surface area contributed by atoms with Gasteiger partial charge in [0.2, 0.25) is 0 Å². The van der Waals surface area contributed by atoms with E-state index in [1.807, 2.05) is 84.9 Å². The van der Waals surface area contributed by atoms with Gasteiger partial charge in [-0.2, -0.15) is 0 Å². The number of benzene rings is 6. The molecule has 0 bridgehead atoms. The van der Waals surface area contributed by atoms with Crippen molar-refractivity contribution in [3.63, 3.8) is 0 Å².